The zero-order valence-corrected chi connectivity index (χ0v) is 11.8. The lowest BCUT2D eigenvalue weighted by Gasteiger charge is -2.06. The molecule has 0 aliphatic heterocycles. The van der Waals surface area contributed by atoms with Gasteiger partial charge in [-0.15, -0.1) is 0 Å². The summed E-state index contributed by atoms with van der Waals surface area (Å²) < 4.78 is 5.36. The summed E-state index contributed by atoms with van der Waals surface area (Å²) in [5, 5.41) is 4.13. The maximum absolute atomic E-state index is 6.17. The lowest BCUT2D eigenvalue weighted by Crippen LogP contribution is -2.14. The maximum atomic E-state index is 6.17. The molecule has 1 fully saturated rings. The minimum Gasteiger partial charge on any atom is -0.338 e. The quantitative estimate of drug-likeness (QED) is 0.927. The molecule has 1 heterocycles. The van der Waals surface area contributed by atoms with Crippen molar-refractivity contribution in [3.63, 3.8) is 0 Å². The molecule has 106 valence electrons. The summed E-state index contributed by atoms with van der Waals surface area (Å²) in [6, 6.07) is 9.94. The van der Waals surface area contributed by atoms with Gasteiger partial charge in [0.25, 0.3) is 0 Å². The van der Waals surface area contributed by atoms with Crippen molar-refractivity contribution in [1.29, 1.82) is 0 Å². The van der Waals surface area contributed by atoms with Gasteiger partial charge in [0.2, 0.25) is 5.89 Å². The Morgan fingerprint density at radius 2 is 2.10 bits per heavy atom. The van der Waals surface area contributed by atoms with E-state index in [4.69, 9.17) is 10.3 Å². The number of hydrogen-bond donors (Lipinski definition) is 1. The minimum absolute atomic E-state index is 0.225. The monoisotopic (exact) mass is 271 g/mol. The van der Waals surface area contributed by atoms with Gasteiger partial charge in [0.05, 0.1) is 6.04 Å². The molecule has 20 heavy (non-hydrogen) atoms. The van der Waals surface area contributed by atoms with E-state index < -0.39 is 0 Å². The van der Waals surface area contributed by atoms with Crippen molar-refractivity contribution in [2.75, 3.05) is 0 Å². The van der Waals surface area contributed by atoms with Crippen molar-refractivity contribution < 1.29 is 4.52 Å². The summed E-state index contributed by atoms with van der Waals surface area (Å²) in [5.74, 6) is 2.61. The molecule has 1 aromatic carbocycles. The summed E-state index contributed by atoms with van der Waals surface area (Å²) in [4.78, 5) is 4.52. The SMILES string of the molecule is CC1CCC(c2noc([C@H](N)Cc3ccccc3)n2)C1. The molecule has 1 aromatic heterocycles. The van der Waals surface area contributed by atoms with Crippen molar-refractivity contribution in [2.24, 2.45) is 11.7 Å². The molecular formula is C16H21N3O. The second-order valence-corrected chi connectivity index (χ2v) is 5.90. The Balaban J connectivity index is 1.67. The lowest BCUT2D eigenvalue weighted by atomic mass is 10.1. The van der Waals surface area contributed by atoms with Gasteiger partial charge in [0.15, 0.2) is 5.82 Å². The van der Waals surface area contributed by atoms with Crippen LogP contribution in [0.2, 0.25) is 0 Å². The number of hydrogen-bond acceptors (Lipinski definition) is 4. The van der Waals surface area contributed by atoms with E-state index in [1.54, 1.807) is 0 Å². The highest BCUT2D eigenvalue weighted by atomic mass is 16.5. The average Bonchev–Trinajstić information content (AvgIpc) is 3.08. The van der Waals surface area contributed by atoms with Crippen LogP contribution in [0.15, 0.2) is 34.9 Å². The van der Waals surface area contributed by atoms with Crippen LogP contribution in [0.4, 0.5) is 0 Å². The predicted molar refractivity (Wildman–Crippen MR) is 77.1 cm³/mol. The van der Waals surface area contributed by atoms with Crippen LogP contribution in [0.3, 0.4) is 0 Å². The van der Waals surface area contributed by atoms with Crippen LogP contribution in [0.1, 0.15) is 55.4 Å². The van der Waals surface area contributed by atoms with Gasteiger partial charge in [-0.25, -0.2) is 0 Å². The molecule has 0 radical (unpaired) electrons. The van der Waals surface area contributed by atoms with Crippen molar-refractivity contribution in [1.82, 2.24) is 10.1 Å². The summed E-state index contributed by atoms with van der Waals surface area (Å²) in [5.41, 5.74) is 7.36. The van der Waals surface area contributed by atoms with Gasteiger partial charge < -0.3 is 10.3 Å². The number of nitrogens with zero attached hydrogens (tertiary/aromatic N) is 2. The smallest absolute Gasteiger partial charge is 0.243 e. The molecule has 0 bridgehead atoms. The van der Waals surface area contributed by atoms with Crippen LogP contribution in [-0.4, -0.2) is 10.1 Å². The lowest BCUT2D eigenvalue weighted by molar-refractivity contribution is 0.347. The van der Waals surface area contributed by atoms with E-state index in [1.165, 1.54) is 12.0 Å². The molecule has 3 rings (SSSR count). The summed E-state index contributed by atoms with van der Waals surface area (Å²) in [6.45, 7) is 2.28. The molecule has 1 aliphatic carbocycles. The molecule has 0 spiro atoms. The fourth-order valence-electron chi connectivity index (χ4n) is 2.96. The van der Waals surface area contributed by atoms with E-state index in [0.717, 1.165) is 31.0 Å². The average molecular weight is 271 g/mol. The Bertz CT molecular complexity index is 552. The number of benzene rings is 1. The first-order chi connectivity index (χ1) is 9.72. The van der Waals surface area contributed by atoms with E-state index in [0.29, 0.717) is 11.8 Å². The van der Waals surface area contributed by atoms with E-state index in [1.807, 2.05) is 18.2 Å². The minimum atomic E-state index is -0.225. The highest BCUT2D eigenvalue weighted by molar-refractivity contribution is 5.17. The van der Waals surface area contributed by atoms with E-state index in [-0.39, 0.29) is 6.04 Å². The molecular weight excluding hydrogens is 250 g/mol. The zero-order chi connectivity index (χ0) is 13.9. The van der Waals surface area contributed by atoms with Gasteiger partial charge in [0.1, 0.15) is 0 Å². The van der Waals surface area contributed by atoms with E-state index >= 15 is 0 Å². The summed E-state index contributed by atoms with van der Waals surface area (Å²) >= 11 is 0. The van der Waals surface area contributed by atoms with Crippen LogP contribution < -0.4 is 5.73 Å². The third-order valence-electron chi connectivity index (χ3n) is 4.13. The Labute approximate surface area is 119 Å². The number of aromatic nitrogens is 2. The van der Waals surface area contributed by atoms with Gasteiger partial charge in [-0.2, -0.15) is 4.98 Å². The first-order valence-corrected chi connectivity index (χ1v) is 7.35. The molecule has 1 saturated carbocycles. The van der Waals surface area contributed by atoms with Crippen LogP contribution in [0, 0.1) is 5.92 Å². The molecule has 2 unspecified atom stereocenters. The third kappa shape index (κ3) is 2.90. The molecule has 4 nitrogen and oxygen atoms in total. The van der Waals surface area contributed by atoms with Gasteiger partial charge in [0, 0.05) is 5.92 Å². The van der Waals surface area contributed by atoms with Crippen LogP contribution in [0.25, 0.3) is 0 Å². The Morgan fingerprint density at radius 1 is 1.30 bits per heavy atom. The summed E-state index contributed by atoms with van der Waals surface area (Å²) in [7, 11) is 0. The Hall–Kier alpha value is -1.68. The molecule has 0 amide bonds. The maximum Gasteiger partial charge on any atom is 0.243 e. The highest BCUT2D eigenvalue weighted by Gasteiger charge is 2.27. The van der Waals surface area contributed by atoms with Crippen LogP contribution in [0.5, 0.6) is 0 Å². The van der Waals surface area contributed by atoms with Gasteiger partial charge in [-0.05, 0) is 37.2 Å². The molecule has 4 heteroatoms. The van der Waals surface area contributed by atoms with Crippen molar-refractivity contribution >= 4 is 0 Å². The largest absolute Gasteiger partial charge is 0.338 e. The molecule has 1 aliphatic rings. The van der Waals surface area contributed by atoms with Gasteiger partial charge in [-0.1, -0.05) is 42.4 Å². The van der Waals surface area contributed by atoms with Gasteiger partial charge in [-0.3, -0.25) is 0 Å². The third-order valence-corrected chi connectivity index (χ3v) is 4.13. The summed E-state index contributed by atoms with van der Waals surface area (Å²) in [6.07, 6.45) is 4.30. The molecule has 2 N–H and O–H groups in total. The van der Waals surface area contributed by atoms with E-state index in [2.05, 4.69) is 29.2 Å². The fraction of sp³-hybridized carbons (Fsp3) is 0.500. The van der Waals surface area contributed by atoms with Crippen LogP contribution in [-0.2, 0) is 6.42 Å². The fourth-order valence-corrected chi connectivity index (χ4v) is 2.96. The first-order valence-electron chi connectivity index (χ1n) is 7.35. The second-order valence-electron chi connectivity index (χ2n) is 5.90. The van der Waals surface area contributed by atoms with E-state index in [9.17, 15) is 0 Å². The molecule has 3 atom stereocenters. The Kier molecular flexibility index (Phi) is 3.83. The van der Waals surface area contributed by atoms with Crippen molar-refractivity contribution in [2.45, 2.75) is 44.6 Å². The topological polar surface area (TPSA) is 64.9 Å². The number of nitrogens with two attached hydrogens (primary N) is 1. The Morgan fingerprint density at radius 3 is 2.80 bits per heavy atom. The molecule has 2 aromatic rings. The first kappa shape index (κ1) is 13.3. The standard InChI is InChI=1S/C16H21N3O/c1-11-7-8-13(9-11)15-18-16(20-19-15)14(17)10-12-5-3-2-4-6-12/h2-6,11,13-14H,7-10,17H2,1H3/t11?,13?,14-/m1/s1. The number of rotatable bonds is 4. The normalized spacial score (nSPS) is 23.9. The highest BCUT2D eigenvalue weighted by Crippen LogP contribution is 2.36. The van der Waals surface area contributed by atoms with Crippen molar-refractivity contribution in [3.8, 4) is 0 Å². The second kappa shape index (κ2) is 5.75. The predicted octanol–water partition coefficient (Wildman–Crippen LogP) is 3.22. The van der Waals surface area contributed by atoms with Crippen molar-refractivity contribution in [3.05, 3.63) is 47.6 Å². The van der Waals surface area contributed by atoms with Gasteiger partial charge >= 0.3 is 0 Å². The van der Waals surface area contributed by atoms with Crippen LogP contribution >= 0.6 is 0 Å². The zero-order valence-electron chi connectivity index (χ0n) is 11.8. The molecule has 0 saturated heterocycles.